The number of nitrogens with zero attached hydrogens (tertiary/aromatic N) is 3. The lowest BCUT2D eigenvalue weighted by atomic mass is 10.2. The molecule has 0 aromatic carbocycles. The summed E-state index contributed by atoms with van der Waals surface area (Å²) in [7, 11) is 0. The second kappa shape index (κ2) is 5.27. The standard InChI is InChI=1S/C13H14N4OS/c1-8-5-12(18)17(9(2)16-8)7-10-3-4-15-11(6-10)13(14)19/h3-6H,7H2,1-2H3,(H2,14,19). The van der Waals surface area contributed by atoms with Crippen LogP contribution >= 0.6 is 12.2 Å². The minimum absolute atomic E-state index is 0.0707. The summed E-state index contributed by atoms with van der Waals surface area (Å²) in [6, 6.07) is 5.13. The van der Waals surface area contributed by atoms with E-state index in [9.17, 15) is 4.79 Å². The molecular weight excluding hydrogens is 260 g/mol. The summed E-state index contributed by atoms with van der Waals surface area (Å²) in [6.07, 6.45) is 1.63. The van der Waals surface area contributed by atoms with Gasteiger partial charge in [0.05, 0.1) is 12.2 Å². The normalized spacial score (nSPS) is 10.4. The van der Waals surface area contributed by atoms with Crippen LogP contribution in [0.3, 0.4) is 0 Å². The third-order valence-electron chi connectivity index (χ3n) is 2.74. The van der Waals surface area contributed by atoms with Crippen LogP contribution in [-0.2, 0) is 6.54 Å². The molecule has 0 amide bonds. The van der Waals surface area contributed by atoms with Crippen molar-refractivity contribution in [3.8, 4) is 0 Å². The van der Waals surface area contributed by atoms with Gasteiger partial charge >= 0.3 is 0 Å². The topological polar surface area (TPSA) is 73.8 Å². The van der Waals surface area contributed by atoms with E-state index in [0.717, 1.165) is 11.3 Å². The highest BCUT2D eigenvalue weighted by atomic mass is 32.1. The molecule has 0 aliphatic rings. The lowest BCUT2D eigenvalue weighted by Gasteiger charge is -2.10. The molecule has 98 valence electrons. The first kappa shape index (κ1) is 13.4. The lowest BCUT2D eigenvalue weighted by molar-refractivity contribution is 0.693. The van der Waals surface area contributed by atoms with E-state index in [1.165, 1.54) is 6.07 Å². The zero-order valence-corrected chi connectivity index (χ0v) is 11.6. The van der Waals surface area contributed by atoms with Crippen LogP contribution in [0.15, 0.2) is 29.2 Å². The van der Waals surface area contributed by atoms with Crippen LogP contribution in [0.25, 0.3) is 0 Å². The minimum Gasteiger partial charge on any atom is -0.388 e. The highest BCUT2D eigenvalue weighted by molar-refractivity contribution is 7.80. The fourth-order valence-electron chi connectivity index (χ4n) is 1.85. The maximum Gasteiger partial charge on any atom is 0.254 e. The smallest absolute Gasteiger partial charge is 0.254 e. The number of hydrogen-bond acceptors (Lipinski definition) is 4. The molecule has 0 unspecified atom stereocenters. The van der Waals surface area contributed by atoms with Gasteiger partial charge < -0.3 is 5.73 Å². The lowest BCUT2D eigenvalue weighted by Crippen LogP contribution is -2.24. The fourth-order valence-corrected chi connectivity index (χ4v) is 1.96. The van der Waals surface area contributed by atoms with Crippen LogP contribution in [0, 0.1) is 13.8 Å². The third-order valence-corrected chi connectivity index (χ3v) is 2.95. The van der Waals surface area contributed by atoms with Gasteiger partial charge in [0.1, 0.15) is 10.8 Å². The van der Waals surface area contributed by atoms with Gasteiger partial charge in [-0.2, -0.15) is 0 Å². The van der Waals surface area contributed by atoms with E-state index in [2.05, 4.69) is 9.97 Å². The van der Waals surface area contributed by atoms with E-state index in [1.807, 2.05) is 13.0 Å². The van der Waals surface area contributed by atoms with Gasteiger partial charge in [-0.15, -0.1) is 0 Å². The Labute approximate surface area is 116 Å². The Balaban J connectivity index is 2.39. The quantitative estimate of drug-likeness (QED) is 0.843. The number of aryl methyl sites for hydroxylation is 2. The molecule has 2 N–H and O–H groups in total. The summed E-state index contributed by atoms with van der Waals surface area (Å²) in [5, 5.41) is 0. The molecule has 2 heterocycles. The molecule has 0 saturated heterocycles. The molecule has 0 atom stereocenters. The number of rotatable bonds is 3. The van der Waals surface area contributed by atoms with E-state index < -0.39 is 0 Å². The Morgan fingerprint density at radius 2 is 2.16 bits per heavy atom. The predicted molar refractivity (Wildman–Crippen MR) is 77.2 cm³/mol. The summed E-state index contributed by atoms with van der Waals surface area (Å²) in [5.41, 5.74) is 7.66. The molecule has 0 radical (unpaired) electrons. The van der Waals surface area contributed by atoms with Crippen LogP contribution < -0.4 is 11.3 Å². The predicted octanol–water partition coefficient (Wildman–Crippen LogP) is 0.938. The maximum atomic E-state index is 11.9. The molecule has 2 rings (SSSR count). The van der Waals surface area contributed by atoms with Gasteiger partial charge in [-0.3, -0.25) is 14.3 Å². The van der Waals surface area contributed by atoms with E-state index in [4.69, 9.17) is 18.0 Å². The van der Waals surface area contributed by atoms with E-state index >= 15 is 0 Å². The molecule has 0 spiro atoms. The number of pyridine rings is 1. The Kier molecular flexibility index (Phi) is 3.71. The highest BCUT2D eigenvalue weighted by Gasteiger charge is 2.05. The Bertz CT molecular complexity index is 693. The molecule has 0 fully saturated rings. The first-order chi connectivity index (χ1) is 8.97. The van der Waals surface area contributed by atoms with Crippen molar-refractivity contribution in [2.45, 2.75) is 20.4 Å². The average Bonchev–Trinajstić information content (AvgIpc) is 2.34. The molecule has 0 aliphatic heterocycles. The van der Waals surface area contributed by atoms with E-state index in [0.29, 0.717) is 18.1 Å². The average molecular weight is 274 g/mol. The maximum absolute atomic E-state index is 11.9. The van der Waals surface area contributed by atoms with Crippen molar-refractivity contribution >= 4 is 17.2 Å². The summed E-state index contributed by atoms with van der Waals surface area (Å²) >= 11 is 4.89. The Hall–Kier alpha value is -2.08. The van der Waals surface area contributed by atoms with Crippen LogP contribution in [0.4, 0.5) is 0 Å². The van der Waals surface area contributed by atoms with Gasteiger partial charge in [-0.05, 0) is 31.5 Å². The zero-order valence-electron chi connectivity index (χ0n) is 10.8. The summed E-state index contributed by atoms with van der Waals surface area (Å²) < 4.78 is 1.60. The molecule has 6 heteroatoms. The third kappa shape index (κ3) is 3.03. The molecule has 5 nitrogen and oxygen atoms in total. The van der Waals surface area contributed by atoms with Gasteiger partial charge in [0.2, 0.25) is 0 Å². The van der Waals surface area contributed by atoms with E-state index in [1.54, 1.807) is 23.8 Å². The molecule has 0 saturated carbocycles. The van der Waals surface area contributed by atoms with Crippen LogP contribution in [0.2, 0.25) is 0 Å². The number of nitrogens with two attached hydrogens (primary N) is 1. The fraction of sp³-hybridized carbons (Fsp3) is 0.231. The second-order valence-electron chi connectivity index (χ2n) is 4.28. The largest absolute Gasteiger partial charge is 0.388 e. The van der Waals surface area contributed by atoms with Crippen molar-refractivity contribution in [2.24, 2.45) is 5.73 Å². The van der Waals surface area contributed by atoms with Gasteiger partial charge in [0.15, 0.2) is 0 Å². The SMILES string of the molecule is Cc1cc(=O)n(Cc2ccnc(C(N)=S)c2)c(C)n1. The van der Waals surface area contributed by atoms with Crippen molar-refractivity contribution in [1.29, 1.82) is 0 Å². The monoisotopic (exact) mass is 274 g/mol. The van der Waals surface area contributed by atoms with Crippen molar-refractivity contribution in [3.05, 3.63) is 57.5 Å². The van der Waals surface area contributed by atoms with Gasteiger partial charge in [-0.1, -0.05) is 12.2 Å². The van der Waals surface area contributed by atoms with Crippen molar-refractivity contribution in [2.75, 3.05) is 0 Å². The molecule has 2 aromatic heterocycles. The molecule has 0 aliphatic carbocycles. The highest BCUT2D eigenvalue weighted by Crippen LogP contribution is 2.05. The number of thiocarbonyl (C=S) groups is 1. The molecule has 2 aromatic rings. The van der Waals surface area contributed by atoms with Crippen LogP contribution in [-0.4, -0.2) is 19.5 Å². The Morgan fingerprint density at radius 1 is 1.42 bits per heavy atom. The molecule has 19 heavy (non-hydrogen) atoms. The first-order valence-electron chi connectivity index (χ1n) is 5.77. The van der Waals surface area contributed by atoms with Crippen molar-refractivity contribution in [1.82, 2.24) is 14.5 Å². The summed E-state index contributed by atoms with van der Waals surface area (Å²) in [5.74, 6) is 0.679. The van der Waals surface area contributed by atoms with Crippen molar-refractivity contribution in [3.63, 3.8) is 0 Å². The minimum atomic E-state index is -0.0707. The first-order valence-corrected chi connectivity index (χ1v) is 6.18. The molecular formula is C13H14N4OS. The molecule has 0 bridgehead atoms. The Morgan fingerprint density at radius 3 is 2.79 bits per heavy atom. The van der Waals surface area contributed by atoms with Gasteiger partial charge in [0.25, 0.3) is 5.56 Å². The van der Waals surface area contributed by atoms with E-state index in [-0.39, 0.29) is 10.5 Å². The number of hydrogen-bond donors (Lipinski definition) is 1. The summed E-state index contributed by atoms with van der Waals surface area (Å²) in [4.78, 5) is 20.5. The van der Waals surface area contributed by atoms with Gasteiger partial charge in [0, 0.05) is 18.0 Å². The summed E-state index contributed by atoms with van der Waals surface area (Å²) in [6.45, 7) is 4.04. The second-order valence-corrected chi connectivity index (χ2v) is 4.72. The zero-order chi connectivity index (χ0) is 14.0. The van der Waals surface area contributed by atoms with Crippen molar-refractivity contribution < 1.29 is 0 Å². The van der Waals surface area contributed by atoms with Crippen LogP contribution in [0.1, 0.15) is 22.8 Å². The number of aromatic nitrogens is 3. The van der Waals surface area contributed by atoms with Gasteiger partial charge in [-0.25, -0.2) is 4.98 Å². The van der Waals surface area contributed by atoms with Crippen LogP contribution in [0.5, 0.6) is 0 Å².